The van der Waals surface area contributed by atoms with Crippen LogP contribution >= 0.6 is 22.6 Å². The van der Waals surface area contributed by atoms with Gasteiger partial charge in [0, 0.05) is 3.57 Å². The number of hydrogen-bond donors (Lipinski definition) is 2. The van der Waals surface area contributed by atoms with Gasteiger partial charge in [-0.2, -0.15) is 0 Å². The van der Waals surface area contributed by atoms with E-state index >= 15 is 0 Å². The molecule has 1 aromatic carbocycles. The topological polar surface area (TPSA) is 49.9 Å². The zero-order valence-electron chi connectivity index (χ0n) is 5.57. The minimum atomic E-state index is -0.440. The van der Waals surface area contributed by atoms with Gasteiger partial charge in [0.1, 0.15) is 11.7 Å². The third-order valence-corrected chi connectivity index (χ3v) is 2.13. The van der Waals surface area contributed by atoms with Crippen LogP contribution in [0.1, 0.15) is 5.56 Å². The predicted molar refractivity (Wildman–Crippen MR) is 50.1 cm³/mol. The van der Waals surface area contributed by atoms with Gasteiger partial charge in [0.05, 0.1) is 5.56 Å². The molecule has 0 aromatic heterocycles. The second-order valence-electron chi connectivity index (χ2n) is 2.01. The van der Waals surface area contributed by atoms with Crippen LogP contribution in [0.2, 0.25) is 0 Å². The van der Waals surface area contributed by atoms with Gasteiger partial charge < -0.3 is 5.73 Å². The average Bonchev–Trinajstić information content (AvgIpc) is 1.85. The van der Waals surface area contributed by atoms with Crippen LogP contribution in [0.15, 0.2) is 18.2 Å². The standard InChI is InChI=1S/C7H6FIN2/c8-4-2-1-3-5(9)6(4)7(10)11/h1-3H,(H3,10,11). The molecular formula is C7H6FIN2. The first kappa shape index (κ1) is 8.45. The Labute approximate surface area is 77.2 Å². The Kier molecular flexibility index (Phi) is 2.43. The Morgan fingerprint density at radius 3 is 2.55 bits per heavy atom. The fourth-order valence-corrected chi connectivity index (χ4v) is 1.51. The summed E-state index contributed by atoms with van der Waals surface area (Å²) in [6, 6.07) is 4.59. The fourth-order valence-electron chi connectivity index (χ4n) is 0.755. The first-order chi connectivity index (χ1) is 5.13. The van der Waals surface area contributed by atoms with Crippen molar-refractivity contribution >= 4 is 28.4 Å². The van der Waals surface area contributed by atoms with E-state index in [4.69, 9.17) is 11.1 Å². The second-order valence-corrected chi connectivity index (χ2v) is 3.17. The molecule has 0 bridgehead atoms. The van der Waals surface area contributed by atoms with Crippen LogP contribution in [0.3, 0.4) is 0 Å². The molecule has 4 heteroatoms. The minimum absolute atomic E-state index is 0.188. The number of nitrogens with two attached hydrogens (primary N) is 1. The van der Waals surface area contributed by atoms with E-state index in [1.54, 1.807) is 12.1 Å². The Morgan fingerprint density at radius 1 is 1.55 bits per heavy atom. The van der Waals surface area contributed by atoms with Crippen molar-refractivity contribution in [2.24, 2.45) is 5.73 Å². The quantitative estimate of drug-likeness (QED) is 0.453. The van der Waals surface area contributed by atoms with Crippen LogP contribution in [0, 0.1) is 14.8 Å². The summed E-state index contributed by atoms with van der Waals surface area (Å²) in [5.74, 6) is -0.670. The molecule has 0 aliphatic carbocycles. The third-order valence-electron chi connectivity index (χ3n) is 1.23. The summed E-state index contributed by atoms with van der Waals surface area (Å²) in [5.41, 5.74) is 5.34. The summed E-state index contributed by atoms with van der Waals surface area (Å²) in [6.07, 6.45) is 0. The lowest BCUT2D eigenvalue weighted by Gasteiger charge is -2.01. The minimum Gasteiger partial charge on any atom is -0.384 e. The molecule has 0 unspecified atom stereocenters. The average molecular weight is 264 g/mol. The highest BCUT2D eigenvalue weighted by Crippen LogP contribution is 2.14. The summed E-state index contributed by atoms with van der Waals surface area (Å²) in [6.45, 7) is 0. The van der Waals surface area contributed by atoms with E-state index in [1.165, 1.54) is 6.07 Å². The molecule has 2 nitrogen and oxygen atoms in total. The maximum absolute atomic E-state index is 12.9. The number of halogens is 2. The number of rotatable bonds is 1. The van der Waals surface area contributed by atoms with Crippen LogP contribution in [-0.4, -0.2) is 5.84 Å². The number of benzene rings is 1. The van der Waals surface area contributed by atoms with E-state index in [-0.39, 0.29) is 11.4 Å². The molecule has 3 N–H and O–H groups in total. The van der Waals surface area contributed by atoms with E-state index in [0.29, 0.717) is 3.57 Å². The maximum Gasteiger partial charge on any atom is 0.135 e. The van der Waals surface area contributed by atoms with Crippen molar-refractivity contribution in [3.8, 4) is 0 Å². The van der Waals surface area contributed by atoms with Crippen molar-refractivity contribution in [2.45, 2.75) is 0 Å². The monoisotopic (exact) mass is 264 g/mol. The molecule has 0 spiro atoms. The third kappa shape index (κ3) is 1.68. The van der Waals surface area contributed by atoms with Gasteiger partial charge in [-0.15, -0.1) is 0 Å². The van der Waals surface area contributed by atoms with Crippen LogP contribution in [0.4, 0.5) is 4.39 Å². The van der Waals surface area contributed by atoms with Gasteiger partial charge in [0.25, 0.3) is 0 Å². The normalized spacial score (nSPS) is 9.64. The molecule has 0 saturated carbocycles. The summed E-state index contributed by atoms with van der Waals surface area (Å²) in [5, 5.41) is 7.05. The molecule has 0 aliphatic heterocycles. The number of amidine groups is 1. The molecule has 0 saturated heterocycles. The van der Waals surface area contributed by atoms with E-state index in [0.717, 1.165) is 0 Å². The number of nitrogen functional groups attached to an aromatic ring is 1. The van der Waals surface area contributed by atoms with Gasteiger partial charge in [0.15, 0.2) is 0 Å². The van der Waals surface area contributed by atoms with Gasteiger partial charge in [-0.25, -0.2) is 4.39 Å². The lowest BCUT2D eigenvalue weighted by Crippen LogP contribution is -2.14. The highest BCUT2D eigenvalue weighted by Gasteiger charge is 2.07. The number of hydrogen-bond acceptors (Lipinski definition) is 1. The Hall–Kier alpha value is -0.650. The molecule has 0 heterocycles. The molecule has 0 aliphatic rings. The van der Waals surface area contributed by atoms with Gasteiger partial charge in [0.2, 0.25) is 0 Å². The lowest BCUT2D eigenvalue weighted by atomic mass is 10.2. The van der Waals surface area contributed by atoms with E-state index in [2.05, 4.69) is 0 Å². The van der Waals surface area contributed by atoms with Gasteiger partial charge >= 0.3 is 0 Å². The van der Waals surface area contributed by atoms with Crippen molar-refractivity contribution in [1.82, 2.24) is 0 Å². The van der Waals surface area contributed by atoms with Crippen molar-refractivity contribution in [3.05, 3.63) is 33.1 Å². The lowest BCUT2D eigenvalue weighted by molar-refractivity contribution is 0.624. The molecular weight excluding hydrogens is 258 g/mol. The van der Waals surface area contributed by atoms with Crippen molar-refractivity contribution in [1.29, 1.82) is 5.41 Å². The smallest absolute Gasteiger partial charge is 0.135 e. The van der Waals surface area contributed by atoms with Crippen LogP contribution in [-0.2, 0) is 0 Å². The first-order valence-corrected chi connectivity index (χ1v) is 3.99. The first-order valence-electron chi connectivity index (χ1n) is 2.91. The van der Waals surface area contributed by atoms with Crippen molar-refractivity contribution < 1.29 is 4.39 Å². The zero-order chi connectivity index (χ0) is 8.43. The molecule has 0 radical (unpaired) electrons. The maximum atomic E-state index is 12.9. The molecule has 0 fully saturated rings. The molecule has 11 heavy (non-hydrogen) atoms. The summed E-state index contributed by atoms with van der Waals surface area (Å²) in [4.78, 5) is 0. The Balaban J connectivity index is 3.32. The SMILES string of the molecule is N=C(N)c1c(F)cccc1I. The highest BCUT2D eigenvalue weighted by atomic mass is 127. The molecule has 1 rings (SSSR count). The highest BCUT2D eigenvalue weighted by molar-refractivity contribution is 14.1. The summed E-state index contributed by atoms with van der Waals surface area (Å²) in [7, 11) is 0. The Morgan fingerprint density at radius 2 is 2.18 bits per heavy atom. The summed E-state index contributed by atoms with van der Waals surface area (Å²) < 4.78 is 13.5. The van der Waals surface area contributed by atoms with Gasteiger partial charge in [-0.1, -0.05) is 6.07 Å². The van der Waals surface area contributed by atoms with Crippen molar-refractivity contribution in [3.63, 3.8) is 0 Å². The Bertz CT molecular complexity index is 278. The van der Waals surface area contributed by atoms with Crippen LogP contribution in [0.5, 0.6) is 0 Å². The summed E-state index contributed by atoms with van der Waals surface area (Å²) >= 11 is 1.94. The largest absolute Gasteiger partial charge is 0.384 e. The second kappa shape index (κ2) is 3.17. The van der Waals surface area contributed by atoms with E-state index in [9.17, 15) is 4.39 Å². The molecule has 1 aromatic rings. The fraction of sp³-hybridized carbons (Fsp3) is 0. The van der Waals surface area contributed by atoms with Crippen LogP contribution in [0.25, 0.3) is 0 Å². The molecule has 0 amide bonds. The van der Waals surface area contributed by atoms with E-state index in [1.807, 2.05) is 22.6 Å². The predicted octanol–water partition coefficient (Wildman–Crippen LogP) is 1.71. The van der Waals surface area contributed by atoms with Crippen molar-refractivity contribution in [2.75, 3.05) is 0 Å². The zero-order valence-corrected chi connectivity index (χ0v) is 7.72. The van der Waals surface area contributed by atoms with Gasteiger partial charge in [-0.05, 0) is 34.7 Å². The number of nitrogens with one attached hydrogen (secondary N) is 1. The molecule has 58 valence electrons. The molecule has 0 atom stereocenters. The van der Waals surface area contributed by atoms with Crippen LogP contribution < -0.4 is 5.73 Å². The van der Waals surface area contributed by atoms with Gasteiger partial charge in [-0.3, -0.25) is 5.41 Å². The van der Waals surface area contributed by atoms with E-state index < -0.39 is 5.82 Å².